The highest BCUT2D eigenvalue weighted by atomic mass is 32.2. The maximum absolute atomic E-state index is 11.8. The second-order valence-electron chi connectivity index (χ2n) is 3.56. The molecule has 0 aliphatic carbocycles. The van der Waals surface area contributed by atoms with Crippen molar-refractivity contribution in [2.75, 3.05) is 6.54 Å². The summed E-state index contributed by atoms with van der Waals surface area (Å²) in [7, 11) is -3.38. The molecule has 1 rings (SSSR count). The number of thiophene rings is 1. The molecule has 0 aliphatic rings. The van der Waals surface area contributed by atoms with Crippen LogP contribution in [0.15, 0.2) is 10.3 Å². The van der Waals surface area contributed by atoms with Crippen LogP contribution in [-0.2, 0) is 10.0 Å². The number of hydrogen-bond acceptors (Lipinski definition) is 4. The molecule has 0 bridgehead atoms. The Morgan fingerprint density at radius 2 is 2.13 bits per heavy atom. The standard InChI is InChI=1S/C9H16N2O2S2/c1-6-4-9(14-8(6)3)15(12,13)11-7(2)5-10/h4,7,11H,5,10H2,1-3H3/t7-/m1/s1. The predicted molar refractivity (Wildman–Crippen MR) is 62.6 cm³/mol. The summed E-state index contributed by atoms with van der Waals surface area (Å²) < 4.78 is 26.5. The topological polar surface area (TPSA) is 72.2 Å². The zero-order valence-corrected chi connectivity index (χ0v) is 10.7. The van der Waals surface area contributed by atoms with Crippen LogP contribution >= 0.6 is 11.3 Å². The molecular formula is C9H16N2O2S2. The van der Waals surface area contributed by atoms with E-state index in [2.05, 4.69) is 4.72 Å². The molecule has 6 heteroatoms. The molecule has 0 amide bonds. The first-order chi connectivity index (χ1) is 6.86. The zero-order chi connectivity index (χ0) is 11.6. The smallest absolute Gasteiger partial charge is 0.250 e. The van der Waals surface area contributed by atoms with Crippen LogP contribution in [0.2, 0.25) is 0 Å². The quantitative estimate of drug-likeness (QED) is 0.834. The Morgan fingerprint density at radius 3 is 2.53 bits per heavy atom. The maximum Gasteiger partial charge on any atom is 0.250 e. The fourth-order valence-electron chi connectivity index (χ4n) is 1.04. The van der Waals surface area contributed by atoms with E-state index < -0.39 is 10.0 Å². The number of aryl methyl sites for hydroxylation is 2. The van der Waals surface area contributed by atoms with Crippen molar-refractivity contribution in [1.29, 1.82) is 0 Å². The molecule has 1 aromatic heterocycles. The van der Waals surface area contributed by atoms with E-state index in [9.17, 15) is 8.42 Å². The summed E-state index contributed by atoms with van der Waals surface area (Å²) in [6.45, 7) is 5.84. The van der Waals surface area contributed by atoms with Crippen molar-refractivity contribution in [3.05, 3.63) is 16.5 Å². The lowest BCUT2D eigenvalue weighted by molar-refractivity contribution is 0.564. The van der Waals surface area contributed by atoms with Crippen LogP contribution in [0.5, 0.6) is 0 Å². The summed E-state index contributed by atoms with van der Waals surface area (Å²) in [4.78, 5) is 1.02. The Bertz CT molecular complexity index is 417. The van der Waals surface area contributed by atoms with Gasteiger partial charge >= 0.3 is 0 Å². The molecule has 86 valence electrons. The van der Waals surface area contributed by atoms with Gasteiger partial charge in [-0.25, -0.2) is 13.1 Å². The van der Waals surface area contributed by atoms with Gasteiger partial charge in [-0.05, 0) is 32.4 Å². The summed E-state index contributed by atoms with van der Waals surface area (Å²) in [6.07, 6.45) is 0. The van der Waals surface area contributed by atoms with Crippen molar-refractivity contribution in [3.63, 3.8) is 0 Å². The minimum atomic E-state index is -3.38. The van der Waals surface area contributed by atoms with Crippen LogP contribution in [0.3, 0.4) is 0 Å². The minimum absolute atomic E-state index is 0.238. The lowest BCUT2D eigenvalue weighted by Crippen LogP contribution is -2.37. The first-order valence-corrected chi connectivity index (χ1v) is 6.96. The molecule has 0 radical (unpaired) electrons. The van der Waals surface area contributed by atoms with E-state index in [4.69, 9.17) is 5.73 Å². The number of nitrogens with two attached hydrogens (primary N) is 1. The normalized spacial score (nSPS) is 14.1. The van der Waals surface area contributed by atoms with Gasteiger partial charge in [0.05, 0.1) is 0 Å². The second-order valence-corrected chi connectivity index (χ2v) is 6.76. The second kappa shape index (κ2) is 4.61. The molecule has 1 atom stereocenters. The number of nitrogens with one attached hydrogen (secondary N) is 1. The Morgan fingerprint density at radius 1 is 1.53 bits per heavy atom. The monoisotopic (exact) mass is 248 g/mol. The van der Waals surface area contributed by atoms with E-state index in [1.54, 1.807) is 13.0 Å². The summed E-state index contributed by atoms with van der Waals surface area (Å²) in [5.74, 6) is 0. The summed E-state index contributed by atoms with van der Waals surface area (Å²) in [6, 6.07) is 1.45. The Hall–Kier alpha value is -0.430. The molecule has 4 nitrogen and oxygen atoms in total. The predicted octanol–water partition coefficient (Wildman–Crippen LogP) is 0.990. The SMILES string of the molecule is Cc1cc(S(=O)(=O)N[C@H](C)CN)sc1C. The van der Waals surface area contributed by atoms with Gasteiger partial charge < -0.3 is 5.73 Å². The lowest BCUT2D eigenvalue weighted by atomic mass is 10.3. The summed E-state index contributed by atoms with van der Waals surface area (Å²) in [5, 5.41) is 0. The first-order valence-electron chi connectivity index (χ1n) is 4.66. The third-order valence-electron chi connectivity index (χ3n) is 2.12. The van der Waals surface area contributed by atoms with E-state index in [1.165, 1.54) is 11.3 Å². The van der Waals surface area contributed by atoms with Crippen LogP contribution < -0.4 is 10.5 Å². The molecule has 15 heavy (non-hydrogen) atoms. The van der Waals surface area contributed by atoms with Gasteiger partial charge in [-0.3, -0.25) is 0 Å². The van der Waals surface area contributed by atoms with Crippen LogP contribution in [0.4, 0.5) is 0 Å². The highest BCUT2D eigenvalue weighted by Gasteiger charge is 2.19. The molecule has 1 heterocycles. The molecule has 1 aromatic rings. The van der Waals surface area contributed by atoms with Crippen LogP contribution in [0.25, 0.3) is 0 Å². The van der Waals surface area contributed by atoms with Gasteiger partial charge in [0.15, 0.2) is 0 Å². The van der Waals surface area contributed by atoms with Gasteiger partial charge in [-0.1, -0.05) is 0 Å². The van der Waals surface area contributed by atoms with Crippen molar-refractivity contribution in [2.45, 2.75) is 31.0 Å². The van der Waals surface area contributed by atoms with Gasteiger partial charge in [-0.2, -0.15) is 0 Å². The van der Waals surface area contributed by atoms with Crippen molar-refractivity contribution < 1.29 is 8.42 Å². The molecule has 0 saturated heterocycles. The molecule has 0 aromatic carbocycles. The van der Waals surface area contributed by atoms with E-state index in [0.29, 0.717) is 10.8 Å². The van der Waals surface area contributed by atoms with Crippen molar-refractivity contribution in [2.24, 2.45) is 5.73 Å². The van der Waals surface area contributed by atoms with Gasteiger partial charge in [-0.15, -0.1) is 11.3 Å². The number of hydrogen-bond donors (Lipinski definition) is 2. The lowest BCUT2D eigenvalue weighted by Gasteiger charge is -2.10. The third-order valence-corrected chi connectivity index (χ3v) is 5.33. The fraction of sp³-hybridized carbons (Fsp3) is 0.556. The van der Waals surface area contributed by atoms with Crippen molar-refractivity contribution >= 4 is 21.4 Å². The Labute approximate surface area is 94.5 Å². The Balaban J connectivity index is 2.96. The third kappa shape index (κ3) is 3.01. The Kier molecular flexibility index (Phi) is 3.88. The first kappa shape index (κ1) is 12.6. The minimum Gasteiger partial charge on any atom is -0.329 e. The number of sulfonamides is 1. The highest BCUT2D eigenvalue weighted by molar-refractivity contribution is 7.91. The van der Waals surface area contributed by atoms with Gasteiger partial charge in [0.1, 0.15) is 4.21 Å². The van der Waals surface area contributed by atoms with Gasteiger partial charge in [0, 0.05) is 17.5 Å². The van der Waals surface area contributed by atoms with Crippen LogP contribution in [0.1, 0.15) is 17.4 Å². The van der Waals surface area contributed by atoms with Gasteiger partial charge in [0.2, 0.25) is 10.0 Å². The molecule has 0 spiro atoms. The van der Waals surface area contributed by atoms with Crippen molar-refractivity contribution in [3.8, 4) is 0 Å². The maximum atomic E-state index is 11.8. The average molecular weight is 248 g/mol. The molecular weight excluding hydrogens is 232 g/mol. The van der Waals surface area contributed by atoms with E-state index in [0.717, 1.165) is 10.4 Å². The van der Waals surface area contributed by atoms with Crippen molar-refractivity contribution in [1.82, 2.24) is 4.72 Å². The summed E-state index contributed by atoms with van der Waals surface area (Å²) >= 11 is 1.28. The van der Waals surface area contributed by atoms with E-state index in [-0.39, 0.29) is 6.04 Å². The molecule has 0 saturated carbocycles. The average Bonchev–Trinajstić information content (AvgIpc) is 2.47. The summed E-state index contributed by atoms with van der Waals surface area (Å²) in [5.41, 5.74) is 6.37. The van der Waals surface area contributed by atoms with Crippen LogP contribution in [0, 0.1) is 13.8 Å². The van der Waals surface area contributed by atoms with E-state index >= 15 is 0 Å². The fourth-order valence-corrected chi connectivity index (χ4v) is 3.83. The van der Waals surface area contributed by atoms with Gasteiger partial charge in [0.25, 0.3) is 0 Å². The largest absolute Gasteiger partial charge is 0.329 e. The number of rotatable bonds is 4. The van der Waals surface area contributed by atoms with E-state index in [1.807, 2.05) is 13.8 Å². The zero-order valence-electron chi connectivity index (χ0n) is 9.07. The molecule has 3 N–H and O–H groups in total. The highest BCUT2D eigenvalue weighted by Crippen LogP contribution is 2.24. The molecule has 0 unspecified atom stereocenters. The molecule has 0 fully saturated rings. The molecule has 0 aliphatic heterocycles. The van der Waals surface area contributed by atoms with Crippen LogP contribution in [-0.4, -0.2) is 21.0 Å².